The molecule has 3 fully saturated rings. The molecule has 208 valence electrons. The molecule has 5 aliphatic rings. The molecule has 1 aromatic rings. The number of nitriles is 1. The van der Waals surface area contributed by atoms with Crippen molar-refractivity contribution in [2.75, 3.05) is 0 Å². The first kappa shape index (κ1) is 26.7. The Bertz CT molecular complexity index is 1330. The van der Waals surface area contributed by atoms with Gasteiger partial charge in [0.25, 0.3) is 0 Å². The Morgan fingerprint density at radius 3 is 2.49 bits per heavy atom. The Hall–Kier alpha value is -2.55. The lowest BCUT2D eigenvalue weighted by Gasteiger charge is -2.63. The number of aryl methyl sites for hydroxylation is 1. The Morgan fingerprint density at radius 2 is 1.77 bits per heavy atom. The van der Waals surface area contributed by atoms with Crippen LogP contribution in [0.25, 0.3) is 0 Å². The largest absolute Gasteiger partial charge is 0.425 e. The number of aromatic nitrogens is 2. The second-order valence-electron chi connectivity index (χ2n) is 14.7. The van der Waals surface area contributed by atoms with E-state index in [2.05, 4.69) is 50.9 Å². The van der Waals surface area contributed by atoms with Crippen LogP contribution in [0.5, 0.6) is 0 Å². The van der Waals surface area contributed by atoms with Crippen molar-refractivity contribution in [1.29, 1.82) is 5.26 Å². The minimum atomic E-state index is -0.450. The zero-order valence-electron chi connectivity index (χ0n) is 24.5. The summed E-state index contributed by atoms with van der Waals surface area (Å²) in [5, 5.41) is 18.8. The SMILES string of the molecule is CCCc1nnc(C23CCC4C(C(=O)C=C5C6(C)C=C(C#N)C(=O)C(C)C6CCC54C)C2CC(C)(C)CC3)o1. The van der Waals surface area contributed by atoms with Crippen molar-refractivity contribution in [1.82, 2.24) is 10.2 Å². The first-order valence-electron chi connectivity index (χ1n) is 15.2. The van der Waals surface area contributed by atoms with Gasteiger partial charge in [0.2, 0.25) is 11.8 Å². The Labute approximate surface area is 232 Å². The van der Waals surface area contributed by atoms with Gasteiger partial charge in [-0.2, -0.15) is 5.26 Å². The fourth-order valence-corrected chi connectivity index (χ4v) is 10.0. The summed E-state index contributed by atoms with van der Waals surface area (Å²) in [5.41, 5.74) is 0.742. The van der Waals surface area contributed by atoms with Gasteiger partial charge in [-0.05, 0) is 86.0 Å². The molecule has 0 aromatic carbocycles. The van der Waals surface area contributed by atoms with Gasteiger partial charge in [-0.3, -0.25) is 9.59 Å². The van der Waals surface area contributed by atoms with Crippen molar-refractivity contribution < 1.29 is 14.0 Å². The highest BCUT2D eigenvalue weighted by atomic mass is 16.4. The molecule has 6 heteroatoms. The van der Waals surface area contributed by atoms with Crippen molar-refractivity contribution >= 4 is 11.6 Å². The van der Waals surface area contributed by atoms with E-state index in [1.807, 2.05) is 19.1 Å². The summed E-state index contributed by atoms with van der Waals surface area (Å²) in [7, 11) is 0. The molecule has 8 atom stereocenters. The van der Waals surface area contributed by atoms with Gasteiger partial charge in [0.1, 0.15) is 6.07 Å². The van der Waals surface area contributed by atoms with E-state index in [0.717, 1.165) is 69.3 Å². The molecular weight excluding hydrogens is 486 g/mol. The second-order valence-corrected chi connectivity index (χ2v) is 14.7. The molecule has 0 amide bonds. The first-order chi connectivity index (χ1) is 18.4. The summed E-state index contributed by atoms with van der Waals surface area (Å²) in [6.45, 7) is 13.3. The zero-order chi connectivity index (χ0) is 28.0. The van der Waals surface area contributed by atoms with Crippen LogP contribution >= 0.6 is 0 Å². The van der Waals surface area contributed by atoms with Crippen LogP contribution in [0.15, 0.2) is 27.7 Å². The predicted octanol–water partition coefficient (Wildman–Crippen LogP) is 6.71. The number of allylic oxidation sites excluding steroid dienone is 4. The van der Waals surface area contributed by atoms with E-state index in [0.29, 0.717) is 5.89 Å². The van der Waals surface area contributed by atoms with Gasteiger partial charge in [-0.15, -0.1) is 10.2 Å². The molecule has 5 aliphatic carbocycles. The minimum Gasteiger partial charge on any atom is -0.425 e. The first-order valence-corrected chi connectivity index (χ1v) is 15.2. The lowest BCUT2D eigenvalue weighted by Crippen LogP contribution is -2.60. The third kappa shape index (κ3) is 3.64. The third-order valence-electron chi connectivity index (χ3n) is 12.1. The molecule has 1 aromatic heterocycles. The monoisotopic (exact) mass is 529 g/mol. The molecule has 0 spiro atoms. The van der Waals surface area contributed by atoms with E-state index in [1.165, 1.54) is 0 Å². The average Bonchev–Trinajstić information content (AvgIpc) is 3.36. The molecule has 6 rings (SSSR count). The lowest BCUT2D eigenvalue weighted by atomic mass is 9.39. The van der Waals surface area contributed by atoms with Gasteiger partial charge in [0.05, 0.1) is 11.0 Å². The molecule has 6 nitrogen and oxygen atoms in total. The van der Waals surface area contributed by atoms with Crippen LogP contribution in [0.1, 0.15) is 105 Å². The van der Waals surface area contributed by atoms with Gasteiger partial charge < -0.3 is 4.42 Å². The number of Topliss-reactive ketones (excluding diaryl/α,β-unsaturated/α-hetero) is 1. The maximum Gasteiger partial charge on any atom is 0.222 e. The van der Waals surface area contributed by atoms with Crippen molar-refractivity contribution in [2.45, 2.75) is 105 Å². The molecule has 39 heavy (non-hydrogen) atoms. The number of carbonyl (C=O) groups is 2. The van der Waals surface area contributed by atoms with Crippen molar-refractivity contribution in [2.24, 2.45) is 45.8 Å². The third-order valence-corrected chi connectivity index (χ3v) is 12.1. The van der Waals surface area contributed by atoms with Crippen LogP contribution < -0.4 is 0 Å². The molecule has 8 unspecified atom stereocenters. The molecule has 0 N–H and O–H groups in total. The van der Waals surface area contributed by atoms with Crippen LogP contribution in [0.4, 0.5) is 0 Å². The topological polar surface area (TPSA) is 96.9 Å². The predicted molar refractivity (Wildman–Crippen MR) is 147 cm³/mol. The highest BCUT2D eigenvalue weighted by Gasteiger charge is 2.65. The van der Waals surface area contributed by atoms with E-state index >= 15 is 0 Å². The van der Waals surface area contributed by atoms with Gasteiger partial charge in [-0.1, -0.05) is 53.2 Å². The molecule has 1 heterocycles. The van der Waals surface area contributed by atoms with Gasteiger partial charge in [0.15, 0.2) is 11.6 Å². The number of rotatable bonds is 3. The zero-order valence-corrected chi connectivity index (χ0v) is 24.5. The molecule has 0 radical (unpaired) electrons. The van der Waals surface area contributed by atoms with Gasteiger partial charge in [0, 0.05) is 23.7 Å². The van der Waals surface area contributed by atoms with E-state index in [1.54, 1.807) is 0 Å². The summed E-state index contributed by atoms with van der Waals surface area (Å²) in [6.07, 6.45) is 12.5. The fraction of sp³-hybridized carbons (Fsp3) is 0.727. The molecule has 3 saturated carbocycles. The Morgan fingerprint density at radius 1 is 1.03 bits per heavy atom. The summed E-state index contributed by atoms with van der Waals surface area (Å²) >= 11 is 0. The number of hydrogen-bond acceptors (Lipinski definition) is 6. The van der Waals surface area contributed by atoms with E-state index in [-0.39, 0.29) is 63.0 Å². The molecule has 0 aliphatic heterocycles. The number of ketones is 2. The maximum atomic E-state index is 14.4. The highest BCUT2D eigenvalue weighted by Crippen LogP contribution is 2.69. The summed E-state index contributed by atoms with van der Waals surface area (Å²) in [4.78, 5) is 27.3. The quantitative estimate of drug-likeness (QED) is 0.431. The summed E-state index contributed by atoms with van der Waals surface area (Å²) < 4.78 is 6.35. The number of nitrogens with zero attached hydrogens (tertiary/aromatic N) is 3. The lowest BCUT2D eigenvalue weighted by molar-refractivity contribution is -0.140. The molecule has 0 bridgehead atoms. The number of fused-ring (bicyclic) bond motifs is 7. The second kappa shape index (κ2) is 8.72. The molecule has 0 saturated heterocycles. The van der Waals surface area contributed by atoms with E-state index in [9.17, 15) is 14.9 Å². The van der Waals surface area contributed by atoms with Gasteiger partial charge in [-0.25, -0.2) is 0 Å². The van der Waals surface area contributed by atoms with Crippen molar-refractivity contribution in [3.63, 3.8) is 0 Å². The van der Waals surface area contributed by atoms with E-state index < -0.39 is 5.41 Å². The Balaban J connectivity index is 1.46. The normalized spacial score (nSPS) is 42.7. The van der Waals surface area contributed by atoms with E-state index in [4.69, 9.17) is 4.42 Å². The van der Waals surface area contributed by atoms with Crippen LogP contribution in [-0.2, 0) is 21.4 Å². The number of carbonyl (C=O) groups excluding carboxylic acids is 2. The summed E-state index contributed by atoms with van der Waals surface area (Å²) in [6, 6.07) is 2.17. The smallest absolute Gasteiger partial charge is 0.222 e. The van der Waals surface area contributed by atoms with Crippen LogP contribution in [0, 0.1) is 57.2 Å². The average molecular weight is 530 g/mol. The van der Waals surface area contributed by atoms with Crippen LogP contribution in [0.3, 0.4) is 0 Å². The standard InChI is InChI=1S/C33H43N3O3/c1-7-8-26-35-36-29(39-26)33-12-10-22-27(23(33)17-30(3,4)13-14-33)24(37)15-25-31(22,5)11-9-21-19(2)28(38)20(18-34)16-32(21,25)6/h15-16,19,21-23,27H,7-14,17H2,1-6H3. The van der Waals surface area contributed by atoms with Crippen molar-refractivity contribution in [3.8, 4) is 6.07 Å². The maximum absolute atomic E-state index is 14.4. The highest BCUT2D eigenvalue weighted by molar-refractivity contribution is 6.02. The fourth-order valence-electron chi connectivity index (χ4n) is 10.0. The molecular formula is C33H43N3O3. The summed E-state index contributed by atoms with van der Waals surface area (Å²) in [5.74, 6) is 1.90. The van der Waals surface area contributed by atoms with Gasteiger partial charge >= 0.3 is 0 Å². The van der Waals surface area contributed by atoms with Crippen molar-refractivity contribution in [3.05, 3.63) is 35.1 Å². The minimum absolute atomic E-state index is 0.0434. The number of hydrogen-bond donors (Lipinski definition) is 0. The Kier molecular flexibility index (Phi) is 5.96. The van der Waals surface area contributed by atoms with Crippen LogP contribution in [0.2, 0.25) is 0 Å². The van der Waals surface area contributed by atoms with Crippen LogP contribution in [-0.4, -0.2) is 21.8 Å².